The fourth-order valence-corrected chi connectivity index (χ4v) is 2.64. The third-order valence-corrected chi connectivity index (χ3v) is 3.85. The van der Waals surface area contributed by atoms with Crippen LogP contribution in [0.25, 0.3) is 0 Å². The molecule has 2 atom stereocenters. The average Bonchev–Trinajstić information content (AvgIpc) is 2.82. The van der Waals surface area contributed by atoms with Crippen LogP contribution in [0.1, 0.15) is 12.0 Å². The number of halogens is 2. The van der Waals surface area contributed by atoms with Crippen molar-refractivity contribution in [1.82, 2.24) is 5.32 Å². The number of carboxylic acid groups (broad SMARTS) is 1. The number of rotatable bonds is 4. The molecule has 20 heavy (non-hydrogen) atoms. The highest BCUT2D eigenvalue weighted by molar-refractivity contribution is 6.36. The summed E-state index contributed by atoms with van der Waals surface area (Å²) in [6.07, 6.45) is 3.73. The average molecular weight is 314 g/mol. The van der Waals surface area contributed by atoms with E-state index in [1.165, 1.54) is 0 Å². The summed E-state index contributed by atoms with van der Waals surface area (Å²) in [4.78, 5) is 22.8. The largest absolute Gasteiger partial charge is 0.481 e. The molecule has 6 heteroatoms. The Morgan fingerprint density at radius 3 is 2.45 bits per heavy atom. The number of amides is 1. The molecule has 0 saturated carbocycles. The molecule has 1 aromatic rings. The number of carbonyl (C=O) groups excluding carboxylic acids is 1. The molecule has 0 aliphatic heterocycles. The van der Waals surface area contributed by atoms with Crippen molar-refractivity contribution in [3.63, 3.8) is 0 Å². The lowest BCUT2D eigenvalue weighted by molar-refractivity contribution is -0.140. The summed E-state index contributed by atoms with van der Waals surface area (Å²) in [6, 6.07) is 4.80. The smallest absolute Gasteiger partial charge is 0.310 e. The fraction of sp³-hybridized carbons (Fsp3) is 0.286. The predicted molar refractivity (Wildman–Crippen MR) is 77.0 cm³/mol. The number of carbonyl (C=O) groups is 2. The second kappa shape index (κ2) is 6.29. The molecule has 1 aromatic carbocycles. The van der Waals surface area contributed by atoms with E-state index in [1.54, 1.807) is 30.4 Å². The van der Waals surface area contributed by atoms with E-state index in [0.29, 0.717) is 22.0 Å². The van der Waals surface area contributed by atoms with Gasteiger partial charge in [-0.05, 0) is 24.1 Å². The van der Waals surface area contributed by atoms with Crippen molar-refractivity contribution in [2.24, 2.45) is 5.92 Å². The van der Waals surface area contributed by atoms with E-state index in [-0.39, 0.29) is 18.4 Å². The first-order valence-corrected chi connectivity index (χ1v) is 6.86. The second-order valence-corrected chi connectivity index (χ2v) is 5.43. The summed E-state index contributed by atoms with van der Waals surface area (Å²) < 4.78 is 0. The maximum atomic E-state index is 11.9. The SMILES string of the molecule is O=C(Cc1c(Cl)cccc1Cl)NC1C=CC(C(=O)O)C1. The normalized spacial score (nSPS) is 20.9. The topological polar surface area (TPSA) is 66.4 Å². The molecule has 4 nitrogen and oxygen atoms in total. The van der Waals surface area contributed by atoms with Crippen LogP contribution in [0.4, 0.5) is 0 Å². The molecule has 0 heterocycles. The Balaban J connectivity index is 1.94. The van der Waals surface area contributed by atoms with Gasteiger partial charge in [-0.2, -0.15) is 0 Å². The zero-order valence-corrected chi connectivity index (χ0v) is 12.0. The van der Waals surface area contributed by atoms with Crippen molar-refractivity contribution in [3.05, 3.63) is 46.0 Å². The summed E-state index contributed by atoms with van der Waals surface area (Å²) in [6.45, 7) is 0. The second-order valence-electron chi connectivity index (χ2n) is 4.62. The number of nitrogens with one attached hydrogen (secondary N) is 1. The van der Waals surface area contributed by atoms with Crippen LogP contribution in [0.5, 0.6) is 0 Å². The van der Waals surface area contributed by atoms with Gasteiger partial charge in [-0.15, -0.1) is 0 Å². The minimum atomic E-state index is -0.882. The van der Waals surface area contributed by atoms with E-state index in [2.05, 4.69) is 5.32 Å². The monoisotopic (exact) mass is 313 g/mol. The van der Waals surface area contributed by atoms with Crippen LogP contribution in [0.2, 0.25) is 10.0 Å². The summed E-state index contributed by atoms with van der Waals surface area (Å²) in [7, 11) is 0. The molecule has 0 aromatic heterocycles. The van der Waals surface area contributed by atoms with Gasteiger partial charge in [-0.1, -0.05) is 41.4 Å². The third-order valence-electron chi connectivity index (χ3n) is 3.15. The lowest BCUT2D eigenvalue weighted by Gasteiger charge is -2.13. The lowest BCUT2D eigenvalue weighted by atomic mass is 10.1. The number of aliphatic carboxylic acids is 1. The van der Waals surface area contributed by atoms with Gasteiger partial charge in [0.05, 0.1) is 12.3 Å². The number of hydrogen-bond acceptors (Lipinski definition) is 2. The van der Waals surface area contributed by atoms with Crippen LogP contribution >= 0.6 is 23.2 Å². The maximum absolute atomic E-state index is 11.9. The van der Waals surface area contributed by atoms with Crippen LogP contribution in [0.3, 0.4) is 0 Å². The van der Waals surface area contributed by atoms with Crippen molar-refractivity contribution in [1.29, 1.82) is 0 Å². The summed E-state index contributed by atoms with van der Waals surface area (Å²) >= 11 is 12.0. The highest BCUT2D eigenvalue weighted by Crippen LogP contribution is 2.25. The Hall–Kier alpha value is -1.52. The van der Waals surface area contributed by atoms with E-state index in [1.807, 2.05) is 0 Å². The first-order chi connectivity index (χ1) is 9.47. The van der Waals surface area contributed by atoms with Crippen molar-refractivity contribution in [2.75, 3.05) is 0 Å². The van der Waals surface area contributed by atoms with Gasteiger partial charge < -0.3 is 10.4 Å². The van der Waals surface area contributed by atoms with Crippen LogP contribution in [-0.4, -0.2) is 23.0 Å². The minimum Gasteiger partial charge on any atom is -0.481 e. The summed E-state index contributed by atoms with van der Waals surface area (Å²) in [5.74, 6) is -1.66. The van der Waals surface area contributed by atoms with E-state index in [4.69, 9.17) is 28.3 Å². The number of hydrogen-bond donors (Lipinski definition) is 2. The molecular formula is C14H13Cl2NO3. The molecule has 106 valence electrons. The minimum absolute atomic E-state index is 0.0700. The van der Waals surface area contributed by atoms with Crippen molar-refractivity contribution in [3.8, 4) is 0 Å². The quantitative estimate of drug-likeness (QED) is 0.840. The van der Waals surface area contributed by atoms with Gasteiger partial charge in [0.2, 0.25) is 5.91 Å². The summed E-state index contributed by atoms with van der Waals surface area (Å²) in [5.41, 5.74) is 0.574. The van der Waals surface area contributed by atoms with E-state index in [9.17, 15) is 9.59 Å². The van der Waals surface area contributed by atoms with Gasteiger partial charge in [-0.3, -0.25) is 9.59 Å². The standard InChI is InChI=1S/C14H13Cl2NO3/c15-11-2-1-3-12(16)10(11)7-13(18)17-9-5-4-8(6-9)14(19)20/h1-5,8-9H,6-7H2,(H,17,18)(H,19,20). The first kappa shape index (κ1) is 14.9. The fourth-order valence-electron chi connectivity index (χ4n) is 2.11. The van der Waals surface area contributed by atoms with Crippen molar-refractivity contribution in [2.45, 2.75) is 18.9 Å². The molecule has 0 fully saturated rings. The van der Waals surface area contributed by atoms with Gasteiger partial charge in [0, 0.05) is 16.1 Å². The van der Waals surface area contributed by atoms with Gasteiger partial charge in [0.25, 0.3) is 0 Å². The third kappa shape index (κ3) is 3.52. The van der Waals surface area contributed by atoms with Gasteiger partial charge >= 0.3 is 5.97 Å². The molecule has 0 bridgehead atoms. The lowest BCUT2D eigenvalue weighted by Crippen LogP contribution is -2.34. The van der Waals surface area contributed by atoms with Crippen molar-refractivity contribution < 1.29 is 14.7 Å². The zero-order chi connectivity index (χ0) is 14.7. The van der Waals surface area contributed by atoms with Crippen LogP contribution in [0.15, 0.2) is 30.4 Å². The zero-order valence-electron chi connectivity index (χ0n) is 10.5. The number of benzene rings is 1. The molecule has 2 N–H and O–H groups in total. The van der Waals surface area contributed by atoms with Crippen LogP contribution < -0.4 is 5.32 Å². The Bertz CT molecular complexity index is 551. The molecule has 0 radical (unpaired) electrons. The van der Waals surface area contributed by atoms with Gasteiger partial charge in [0.15, 0.2) is 0 Å². The highest BCUT2D eigenvalue weighted by Gasteiger charge is 2.25. The Labute approximate surface area is 126 Å². The molecule has 0 spiro atoms. The molecule has 2 rings (SSSR count). The Kier molecular flexibility index (Phi) is 4.68. The van der Waals surface area contributed by atoms with Gasteiger partial charge in [-0.25, -0.2) is 0 Å². The number of carboxylic acids is 1. The summed E-state index contributed by atoms with van der Waals surface area (Å²) in [5, 5.41) is 12.5. The molecular weight excluding hydrogens is 301 g/mol. The molecule has 1 amide bonds. The first-order valence-electron chi connectivity index (χ1n) is 6.10. The molecule has 1 aliphatic rings. The van der Waals surface area contributed by atoms with Crippen molar-refractivity contribution >= 4 is 35.1 Å². The maximum Gasteiger partial charge on any atom is 0.310 e. The molecule has 2 unspecified atom stereocenters. The Morgan fingerprint density at radius 2 is 1.90 bits per heavy atom. The highest BCUT2D eigenvalue weighted by atomic mass is 35.5. The predicted octanol–water partition coefficient (Wildman–Crippen LogP) is 2.68. The van der Waals surface area contributed by atoms with E-state index >= 15 is 0 Å². The van der Waals surface area contributed by atoms with E-state index in [0.717, 1.165) is 0 Å². The van der Waals surface area contributed by atoms with Gasteiger partial charge in [0.1, 0.15) is 0 Å². The van der Waals surface area contributed by atoms with Crippen LogP contribution in [0, 0.1) is 5.92 Å². The Morgan fingerprint density at radius 1 is 1.25 bits per heavy atom. The van der Waals surface area contributed by atoms with E-state index < -0.39 is 11.9 Å². The molecule has 0 saturated heterocycles. The molecule has 1 aliphatic carbocycles. The van der Waals surface area contributed by atoms with Crippen LogP contribution in [-0.2, 0) is 16.0 Å².